The number of hydrogen-bond donors (Lipinski definition) is 0. The number of carbonyl (C=O) groups is 1. The van der Waals surface area contributed by atoms with Gasteiger partial charge in [-0.3, -0.25) is 9.88 Å². The smallest absolute Gasteiger partial charge is 0.346 e. The highest BCUT2D eigenvalue weighted by atomic mass is 19.1. The maximum atomic E-state index is 15.4. The van der Waals surface area contributed by atoms with E-state index in [0.717, 1.165) is 12.0 Å². The molecule has 22 heavy (non-hydrogen) atoms. The van der Waals surface area contributed by atoms with Gasteiger partial charge < -0.3 is 9.47 Å². The van der Waals surface area contributed by atoms with E-state index in [2.05, 4.69) is 4.98 Å². The normalized spacial score (nSPS) is 26.8. The van der Waals surface area contributed by atoms with E-state index in [0.29, 0.717) is 13.1 Å². The lowest BCUT2D eigenvalue weighted by atomic mass is 9.74. The number of pyridine rings is 1. The van der Waals surface area contributed by atoms with Gasteiger partial charge in [0, 0.05) is 32.0 Å². The van der Waals surface area contributed by atoms with Crippen molar-refractivity contribution in [1.82, 2.24) is 9.88 Å². The first-order chi connectivity index (χ1) is 10.6. The van der Waals surface area contributed by atoms with Crippen LogP contribution in [0.2, 0.25) is 0 Å². The first kappa shape index (κ1) is 15.4. The van der Waals surface area contributed by atoms with Gasteiger partial charge in [0.05, 0.1) is 25.2 Å². The molecule has 0 aromatic carbocycles. The van der Waals surface area contributed by atoms with E-state index in [1.807, 2.05) is 17.0 Å². The number of nitrogens with zero attached hydrogens (tertiary/aromatic N) is 2. The van der Waals surface area contributed by atoms with Crippen molar-refractivity contribution in [3.8, 4) is 0 Å². The van der Waals surface area contributed by atoms with E-state index < -0.39 is 17.1 Å². The molecular formula is C16H21FN2O3. The molecule has 2 aliphatic rings. The maximum absolute atomic E-state index is 15.4. The van der Waals surface area contributed by atoms with Crippen molar-refractivity contribution in [2.75, 3.05) is 39.5 Å². The Balaban J connectivity index is 1.67. The van der Waals surface area contributed by atoms with Crippen LogP contribution in [0.1, 0.15) is 12.5 Å². The van der Waals surface area contributed by atoms with Crippen LogP contribution < -0.4 is 0 Å². The number of likely N-dealkylation sites (tertiary alicyclic amines) is 1. The molecule has 3 heterocycles. The molecule has 1 atom stereocenters. The average Bonchev–Trinajstić information content (AvgIpc) is 2.81. The Morgan fingerprint density at radius 3 is 2.73 bits per heavy atom. The first-order valence-corrected chi connectivity index (χ1v) is 7.65. The molecule has 0 saturated carbocycles. The van der Waals surface area contributed by atoms with Crippen LogP contribution >= 0.6 is 0 Å². The SMILES string of the molecule is CCOC(=O)C1(F)CN(CCc2ccncc2)CC12COC2. The lowest BCUT2D eigenvalue weighted by Crippen LogP contribution is -2.61. The fourth-order valence-electron chi connectivity index (χ4n) is 3.27. The van der Waals surface area contributed by atoms with Crippen molar-refractivity contribution in [3.05, 3.63) is 30.1 Å². The van der Waals surface area contributed by atoms with Crippen molar-refractivity contribution < 1.29 is 18.7 Å². The quantitative estimate of drug-likeness (QED) is 0.766. The number of ether oxygens (including phenoxy) is 2. The van der Waals surface area contributed by atoms with Gasteiger partial charge in [0.2, 0.25) is 5.67 Å². The van der Waals surface area contributed by atoms with Crippen LogP contribution in [0.3, 0.4) is 0 Å². The Bertz CT molecular complexity index is 535. The third-order valence-corrected chi connectivity index (χ3v) is 4.63. The summed E-state index contributed by atoms with van der Waals surface area (Å²) in [6.45, 7) is 3.78. The highest BCUT2D eigenvalue weighted by Gasteiger charge is 2.67. The van der Waals surface area contributed by atoms with Crippen LogP contribution in [0.4, 0.5) is 4.39 Å². The Kier molecular flexibility index (Phi) is 4.14. The minimum Gasteiger partial charge on any atom is -0.464 e. The molecule has 2 aliphatic heterocycles. The lowest BCUT2D eigenvalue weighted by Gasteiger charge is -2.44. The summed E-state index contributed by atoms with van der Waals surface area (Å²) >= 11 is 0. The van der Waals surface area contributed by atoms with Gasteiger partial charge in [0.15, 0.2) is 0 Å². The monoisotopic (exact) mass is 308 g/mol. The largest absolute Gasteiger partial charge is 0.464 e. The van der Waals surface area contributed by atoms with E-state index in [-0.39, 0.29) is 26.4 Å². The molecule has 3 rings (SSSR count). The standard InChI is InChI=1S/C16H21FN2O3/c1-2-22-14(20)16(17)10-19(9-15(16)11-21-12-15)8-5-13-3-6-18-7-4-13/h3-4,6-7H,2,5,8-12H2,1H3. The number of rotatable bonds is 5. The van der Waals surface area contributed by atoms with E-state index in [1.165, 1.54) is 0 Å². The third-order valence-electron chi connectivity index (χ3n) is 4.63. The summed E-state index contributed by atoms with van der Waals surface area (Å²) in [6, 6.07) is 3.90. The first-order valence-electron chi connectivity index (χ1n) is 7.65. The minimum absolute atomic E-state index is 0.0836. The molecule has 0 N–H and O–H groups in total. The van der Waals surface area contributed by atoms with Gasteiger partial charge in [-0.1, -0.05) is 0 Å². The Hall–Kier alpha value is -1.53. The van der Waals surface area contributed by atoms with Crippen molar-refractivity contribution >= 4 is 5.97 Å². The fourth-order valence-corrected chi connectivity index (χ4v) is 3.27. The van der Waals surface area contributed by atoms with Crippen LogP contribution in [-0.4, -0.2) is 61.0 Å². The predicted octanol–water partition coefficient (Wildman–Crippen LogP) is 1.23. The zero-order valence-corrected chi connectivity index (χ0v) is 12.8. The summed E-state index contributed by atoms with van der Waals surface area (Å²) < 4.78 is 25.5. The second kappa shape index (κ2) is 5.93. The second-order valence-corrected chi connectivity index (χ2v) is 6.11. The summed E-state index contributed by atoms with van der Waals surface area (Å²) in [6.07, 6.45) is 4.30. The van der Waals surface area contributed by atoms with E-state index in [9.17, 15) is 4.79 Å². The van der Waals surface area contributed by atoms with E-state index >= 15 is 4.39 Å². The van der Waals surface area contributed by atoms with E-state index in [4.69, 9.17) is 9.47 Å². The summed E-state index contributed by atoms with van der Waals surface area (Å²) in [5.74, 6) is -0.746. The molecule has 120 valence electrons. The lowest BCUT2D eigenvalue weighted by molar-refractivity contribution is -0.196. The fraction of sp³-hybridized carbons (Fsp3) is 0.625. The van der Waals surface area contributed by atoms with E-state index in [1.54, 1.807) is 19.3 Å². The van der Waals surface area contributed by atoms with Crippen LogP contribution in [0, 0.1) is 5.41 Å². The summed E-state index contributed by atoms with van der Waals surface area (Å²) in [7, 11) is 0. The van der Waals surface area contributed by atoms with Crippen molar-refractivity contribution in [2.24, 2.45) is 5.41 Å². The summed E-state index contributed by atoms with van der Waals surface area (Å²) in [5, 5.41) is 0. The maximum Gasteiger partial charge on any atom is 0.346 e. The van der Waals surface area contributed by atoms with Gasteiger partial charge in [-0.05, 0) is 31.0 Å². The van der Waals surface area contributed by atoms with Gasteiger partial charge in [0.25, 0.3) is 0 Å². The van der Waals surface area contributed by atoms with Gasteiger partial charge in [-0.25, -0.2) is 9.18 Å². The van der Waals surface area contributed by atoms with Crippen LogP contribution in [-0.2, 0) is 20.7 Å². The average molecular weight is 308 g/mol. The number of aromatic nitrogens is 1. The van der Waals surface area contributed by atoms with Crippen molar-refractivity contribution in [3.63, 3.8) is 0 Å². The highest BCUT2D eigenvalue weighted by Crippen LogP contribution is 2.48. The minimum atomic E-state index is -1.96. The van der Waals surface area contributed by atoms with Crippen molar-refractivity contribution in [1.29, 1.82) is 0 Å². The number of alkyl halides is 1. The molecule has 6 heteroatoms. The molecule has 0 bridgehead atoms. The van der Waals surface area contributed by atoms with Crippen molar-refractivity contribution in [2.45, 2.75) is 19.0 Å². The second-order valence-electron chi connectivity index (χ2n) is 6.11. The Labute approximate surface area is 129 Å². The molecule has 1 spiro atoms. The number of esters is 1. The molecule has 1 aromatic heterocycles. The van der Waals surface area contributed by atoms with Gasteiger partial charge >= 0.3 is 5.97 Å². The Morgan fingerprint density at radius 1 is 1.41 bits per heavy atom. The molecule has 1 aromatic rings. The molecule has 0 aliphatic carbocycles. The van der Waals surface area contributed by atoms with Gasteiger partial charge in [-0.15, -0.1) is 0 Å². The van der Waals surface area contributed by atoms with Gasteiger partial charge in [0.1, 0.15) is 0 Å². The predicted molar refractivity (Wildman–Crippen MR) is 78.1 cm³/mol. The zero-order chi connectivity index (χ0) is 15.6. The zero-order valence-electron chi connectivity index (χ0n) is 12.8. The molecular weight excluding hydrogens is 287 g/mol. The molecule has 0 radical (unpaired) electrons. The molecule has 2 fully saturated rings. The highest BCUT2D eigenvalue weighted by molar-refractivity contribution is 5.82. The number of carbonyl (C=O) groups excluding carboxylic acids is 1. The van der Waals surface area contributed by atoms with Crippen LogP contribution in [0.25, 0.3) is 0 Å². The Morgan fingerprint density at radius 2 is 2.14 bits per heavy atom. The van der Waals surface area contributed by atoms with Gasteiger partial charge in [-0.2, -0.15) is 0 Å². The molecule has 5 nitrogen and oxygen atoms in total. The third kappa shape index (κ3) is 2.50. The molecule has 0 amide bonds. The number of halogens is 1. The number of hydrogen-bond acceptors (Lipinski definition) is 5. The topological polar surface area (TPSA) is 51.7 Å². The molecule has 2 saturated heterocycles. The van der Waals surface area contributed by atoms with Crippen LogP contribution in [0.5, 0.6) is 0 Å². The summed E-state index contributed by atoms with van der Waals surface area (Å²) in [5.41, 5.74) is -1.54. The van der Waals surface area contributed by atoms with Crippen LogP contribution in [0.15, 0.2) is 24.5 Å². The summed E-state index contributed by atoms with van der Waals surface area (Å²) in [4.78, 5) is 18.1. The molecule has 1 unspecified atom stereocenters.